The lowest BCUT2D eigenvalue weighted by Crippen LogP contribution is -2.30. The number of nitrogens with zero attached hydrogens (tertiary/aromatic N) is 2. The Morgan fingerprint density at radius 3 is 2.30 bits per heavy atom. The zero-order chi connectivity index (χ0) is 23.2. The van der Waals surface area contributed by atoms with Gasteiger partial charge in [-0.25, -0.2) is 0 Å². The summed E-state index contributed by atoms with van der Waals surface area (Å²) in [6.45, 7) is 1.66. The Balaban J connectivity index is 1.50. The summed E-state index contributed by atoms with van der Waals surface area (Å²) in [5.74, 6) is 1.92. The van der Waals surface area contributed by atoms with Crippen LogP contribution >= 0.6 is 0 Å². The van der Waals surface area contributed by atoms with Crippen LogP contribution in [0.2, 0.25) is 0 Å². The van der Waals surface area contributed by atoms with Crippen LogP contribution in [0, 0.1) is 0 Å². The van der Waals surface area contributed by atoms with E-state index in [2.05, 4.69) is 15.5 Å². The molecule has 1 aromatic heterocycles. The monoisotopic (exact) mass is 445 g/mol. The van der Waals surface area contributed by atoms with Gasteiger partial charge in [0.25, 0.3) is 11.8 Å². The Morgan fingerprint density at radius 2 is 1.55 bits per heavy atom. The van der Waals surface area contributed by atoms with E-state index in [1.807, 2.05) is 42.5 Å². The molecule has 0 spiro atoms. The number of aromatic nitrogens is 2. The number of para-hydroxylation sites is 1. The molecular weight excluding hydrogens is 422 g/mol. The maximum absolute atomic E-state index is 12.7. The predicted octanol–water partition coefficient (Wildman–Crippen LogP) is 4.83. The molecule has 0 aliphatic carbocycles. The van der Waals surface area contributed by atoms with Gasteiger partial charge in [0.05, 0.1) is 19.8 Å². The fourth-order valence-corrected chi connectivity index (χ4v) is 3.18. The minimum atomic E-state index is -0.796. The summed E-state index contributed by atoms with van der Waals surface area (Å²) in [5, 5.41) is 11.1. The number of rotatable bonds is 8. The zero-order valence-corrected chi connectivity index (χ0v) is 18.4. The lowest BCUT2D eigenvalue weighted by Gasteiger charge is -2.17. The molecule has 3 aromatic carbocycles. The summed E-state index contributed by atoms with van der Waals surface area (Å²) >= 11 is 0. The Bertz CT molecular complexity index is 1240. The number of methoxy groups -OCH3 is 2. The molecule has 0 aliphatic heterocycles. The van der Waals surface area contributed by atoms with Gasteiger partial charge in [-0.3, -0.25) is 4.79 Å². The summed E-state index contributed by atoms with van der Waals surface area (Å²) in [7, 11) is 3.09. The highest BCUT2D eigenvalue weighted by Gasteiger charge is 2.20. The van der Waals surface area contributed by atoms with Gasteiger partial charge in [0.2, 0.25) is 5.89 Å². The normalized spacial score (nSPS) is 11.5. The van der Waals surface area contributed by atoms with Crippen LogP contribution in [0.25, 0.3) is 22.9 Å². The Labute approximate surface area is 191 Å². The van der Waals surface area contributed by atoms with Crippen LogP contribution in [0.1, 0.15) is 6.92 Å². The van der Waals surface area contributed by atoms with E-state index in [9.17, 15) is 4.79 Å². The molecule has 1 N–H and O–H groups in total. The van der Waals surface area contributed by atoms with E-state index >= 15 is 0 Å². The topological polar surface area (TPSA) is 95.7 Å². The molecule has 1 amide bonds. The summed E-state index contributed by atoms with van der Waals surface area (Å²) in [5.41, 5.74) is 1.97. The molecule has 1 atom stereocenters. The summed E-state index contributed by atoms with van der Waals surface area (Å²) in [4.78, 5) is 12.7. The summed E-state index contributed by atoms with van der Waals surface area (Å²) < 4.78 is 22.3. The van der Waals surface area contributed by atoms with Crippen molar-refractivity contribution < 1.29 is 23.4 Å². The summed E-state index contributed by atoms with van der Waals surface area (Å²) in [6, 6.07) is 21.8. The number of hydrogen-bond acceptors (Lipinski definition) is 7. The predicted molar refractivity (Wildman–Crippen MR) is 123 cm³/mol. The van der Waals surface area contributed by atoms with Gasteiger partial charge in [-0.05, 0) is 43.3 Å². The second kappa shape index (κ2) is 9.86. The van der Waals surface area contributed by atoms with Gasteiger partial charge in [0, 0.05) is 17.3 Å². The van der Waals surface area contributed by atoms with Gasteiger partial charge >= 0.3 is 0 Å². The van der Waals surface area contributed by atoms with Crippen molar-refractivity contribution in [1.29, 1.82) is 0 Å². The van der Waals surface area contributed by atoms with E-state index in [-0.39, 0.29) is 5.91 Å². The molecule has 1 heterocycles. The molecule has 4 aromatic rings. The molecule has 1 unspecified atom stereocenters. The number of amides is 1. The first-order valence-electron chi connectivity index (χ1n) is 10.3. The van der Waals surface area contributed by atoms with Crippen molar-refractivity contribution in [3.63, 3.8) is 0 Å². The Hall–Kier alpha value is -4.33. The van der Waals surface area contributed by atoms with Crippen molar-refractivity contribution in [1.82, 2.24) is 10.2 Å². The molecule has 168 valence electrons. The first-order valence-corrected chi connectivity index (χ1v) is 10.3. The number of benzene rings is 3. The van der Waals surface area contributed by atoms with Crippen LogP contribution in [-0.4, -0.2) is 36.4 Å². The first kappa shape index (κ1) is 21.9. The van der Waals surface area contributed by atoms with Crippen molar-refractivity contribution in [2.75, 3.05) is 19.5 Å². The Kier molecular flexibility index (Phi) is 6.54. The quantitative estimate of drug-likeness (QED) is 0.415. The SMILES string of the molecule is COc1ccc(NC(=O)C(C)Oc2ccccc2-c2nnc(-c3ccccc3)o2)cc1OC. The van der Waals surface area contributed by atoms with Gasteiger partial charge in [-0.2, -0.15) is 0 Å². The highest BCUT2D eigenvalue weighted by Crippen LogP contribution is 2.32. The molecular formula is C25H23N3O5. The van der Waals surface area contributed by atoms with Crippen molar-refractivity contribution in [3.8, 4) is 40.2 Å². The standard InChI is InChI=1S/C25H23N3O5/c1-16(23(29)26-18-13-14-21(30-2)22(15-18)31-3)32-20-12-8-7-11-19(20)25-28-27-24(33-25)17-9-5-4-6-10-17/h4-16H,1-3H3,(H,26,29). The second-order valence-corrected chi connectivity index (χ2v) is 7.09. The van der Waals surface area contributed by atoms with Crippen LogP contribution in [0.5, 0.6) is 17.2 Å². The number of carbonyl (C=O) groups is 1. The molecule has 0 aliphatic rings. The number of ether oxygens (including phenoxy) is 3. The van der Waals surface area contributed by atoms with Gasteiger partial charge in [-0.1, -0.05) is 30.3 Å². The molecule has 0 bridgehead atoms. The van der Waals surface area contributed by atoms with Crippen molar-refractivity contribution in [2.24, 2.45) is 0 Å². The fraction of sp³-hybridized carbons (Fsp3) is 0.160. The molecule has 0 fully saturated rings. The molecule has 33 heavy (non-hydrogen) atoms. The number of anilines is 1. The van der Waals surface area contributed by atoms with Crippen molar-refractivity contribution in [2.45, 2.75) is 13.0 Å². The van der Waals surface area contributed by atoms with E-state index in [1.54, 1.807) is 44.4 Å². The average molecular weight is 445 g/mol. The Morgan fingerprint density at radius 1 is 0.848 bits per heavy atom. The molecule has 0 radical (unpaired) electrons. The minimum absolute atomic E-state index is 0.303. The van der Waals surface area contributed by atoms with Crippen molar-refractivity contribution in [3.05, 3.63) is 72.8 Å². The molecule has 0 saturated heterocycles. The zero-order valence-electron chi connectivity index (χ0n) is 18.4. The van der Waals surface area contributed by atoms with Gasteiger partial charge in [-0.15, -0.1) is 10.2 Å². The number of hydrogen-bond donors (Lipinski definition) is 1. The van der Waals surface area contributed by atoms with Crippen LogP contribution in [0.4, 0.5) is 5.69 Å². The lowest BCUT2D eigenvalue weighted by atomic mass is 10.2. The lowest BCUT2D eigenvalue weighted by molar-refractivity contribution is -0.122. The highest BCUT2D eigenvalue weighted by molar-refractivity contribution is 5.94. The van der Waals surface area contributed by atoms with Crippen LogP contribution in [-0.2, 0) is 4.79 Å². The van der Waals surface area contributed by atoms with Crippen molar-refractivity contribution >= 4 is 11.6 Å². The molecule has 8 heteroatoms. The fourth-order valence-electron chi connectivity index (χ4n) is 3.18. The summed E-state index contributed by atoms with van der Waals surface area (Å²) in [6.07, 6.45) is -0.796. The molecule has 8 nitrogen and oxygen atoms in total. The second-order valence-electron chi connectivity index (χ2n) is 7.09. The smallest absolute Gasteiger partial charge is 0.265 e. The first-order chi connectivity index (χ1) is 16.1. The average Bonchev–Trinajstić information content (AvgIpc) is 3.35. The van der Waals surface area contributed by atoms with E-state index in [0.29, 0.717) is 40.3 Å². The third-order valence-corrected chi connectivity index (χ3v) is 4.89. The number of nitrogens with one attached hydrogen (secondary N) is 1. The van der Waals surface area contributed by atoms with Crippen LogP contribution in [0.15, 0.2) is 77.2 Å². The minimum Gasteiger partial charge on any atom is -0.493 e. The van der Waals surface area contributed by atoms with E-state index in [1.165, 1.54) is 7.11 Å². The third-order valence-electron chi connectivity index (χ3n) is 4.89. The van der Waals surface area contributed by atoms with Crippen LogP contribution in [0.3, 0.4) is 0 Å². The number of carbonyl (C=O) groups excluding carboxylic acids is 1. The van der Waals surface area contributed by atoms with Gasteiger partial charge in [0.15, 0.2) is 17.6 Å². The molecule has 4 rings (SSSR count). The van der Waals surface area contributed by atoms with Gasteiger partial charge in [0.1, 0.15) is 5.75 Å². The van der Waals surface area contributed by atoms with E-state index in [0.717, 1.165) is 5.56 Å². The van der Waals surface area contributed by atoms with Crippen LogP contribution < -0.4 is 19.5 Å². The van der Waals surface area contributed by atoms with E-state index < -0.39 is 6.10 Å². The third kappa shape index (κ3) is 4.95. The largest absolute Gasteiger partial charge is 0.493 e. The van der Waals surface area contributed by atoms with E-state index in [4.69, 9.17) is 18.6 Å². The highest BCUT2D eigenvalue weighted by atomic mass is 16.5. The maximum atomic E-state index is 12.7. The molecule has 0 saturated carbocycles. The van der Waals surface area contributed by atoms with Gasteiger partial charge < -0.3 is 23.9 Å². The maximum Gasteiger partial charge on any atom is 0.265 e.